The second-order valence-electron chi connectivity index (χ2n) is 3.57. The number of carbonyl (C=O) groups is 2. The normalized spacial score (nSPS) is 20.5. The summed E-state index contributed by atoms with van der Waals surface area (Å²) in [6, 6.07) is 5.69. The van der Waals surface area contributed by atoms with Crippen molar-refractivity contribution in [2.75, 3.05) is 0 Å². The van der Waals surface area contributed by atoms with Gasteiger partial charge in [-0.25, -0.2) is 0 Å². The van der Waals surface area contributed by atoms with E-state index >= 15 is 0 Å². The number of aryl methyl sites for hydroxylation is 1. The molecular formula is C11H9BrO3. The van der Waals surface area contributed by atoms with Crippen molar-refractivity contribution in [2.45, 2.75) is 19.3 Å². The fourth-order valence-electron chi connectivity index (χ4n) is 1.63. The van der Waals surface area contributed by atoms with Crippen LogP contribution in [0.4, 0.5) is 0 Å². The highest BCUT2D eigenvalue weighted by Crippen LogP contribution is 2.32. The van der Waals surface area contributed by atoms with Gasteiger partial charge in [-0.15, -0.1) is 0 Å². The molecule has 4 heteroatoms. The minimum atomic E-state index is -0.454. The molecule has 0 N–H and O–H groups in total. The molecule has 0 saturated carbocycles. The Bertz CT molecular complexity index is 439. The first kappa shape index (κ1) is 10.4. The number of hydrogen-bond acceptors (Lipinski definition) is 3. The predicted molar refractivity (Wildman–Crippen MR) is 57.3 cm³/mol. The Morgan fingerprint density at radius 2 is 2.13 bits per heavy atom. The lowest BCUT2D eigenvalue weighted by Crippen LogP contribution is -2.06. The topological polar surface area (TPSA) is 43.4 Å². The summed E-state index contributed by atoms with van der Waals surface area (Å²) < 4.78 is 5.36. The van der Waals surface area contributed by atoms with E-state index in [1.807, 2.05) is 25.1 Å². The van der Waals surface area contributed by atoms with Crippen molar-refractivity contribution in [2.24, 2.45) is 0 Å². The number of benzene rings is 1. The first-order chi connectivity index (χ1) is 7.08. The molecule has 0 aliphatic carbocycles. The molecular weight excluding hydrogens is 260 g/mol. The van der Waals surface area contributed by atoms with Crippen molar-refractivity contribution in [3.8, 4) is 0 Å². The van der Waals surface area contributed by atoms with E-state index in [0.29, 0.717) is 0 Å². The third kappa shape index (κ3) is 1.95. The molecule has 1 aliphatic heterocycles. The van der Waals surface area contributed by atoms with E-state index in [1.54, 1.807) is 0 Å². The van der Waals surface area contributed by atoms with Gasteiger partial charge in [-0.3, -0.25) is 9.59 Å². The Morgan fingerprint density at radius 3 is 2.67 bits per heavy atom. The zero-order valence-corrected chi connectivity index (χ0v) is 9.71. The predicted octanol–water partition coefficient (Wildman–Crippen LogP) is 2.31. The van der Waals surface area contributed by atoms with Gasteiger partial charge in [-0.1, -0.05) is 28.1 Å². The summed E-state index contributed by atoms with van der Waals surface area (Å²) >= 11 is 3.39. The number of hydrogen-bond donors (Lipinski definition) is 0. The highest BCUT2D eigenvalue weighted by Gasteiger charge is 2.35. The number of esters is 2. The molecule has 78 valence electrons. The van der Waals surface area contributed by atoms with E-state index in [-0.39, 0.29) is 6.42 Å². The van der Waals surface area contributed by atoms with Gasteiger partial charge in [0.25, 0.3) is 0 Å². The van der Waals surface area contributed by atoms with E-state index in [1.165, 1.54) is 0 Å². The van der Waals surface area contributed by atoms with Gasteiger partial charge in [0.05, 0.1) is 12.3 Å². The lowest BCUT2D eigenvalue weighted by Gasteiger charge is -2.08. The number of cyclic esters (lactones) is 2. The molecule has 0 bridgehead atoms. The highest BCUT2D eigenvalue weighted by atomic mass is 79.9. The largest absolute Gasteiger partial charge is 0.393 e. The molecule has 1 fully saturated rings. The van der Waals surface area contributed by atoms with Crippen LogP contribution in [0.3, 0.4) is 0 Å². The van der Waals surface area contributed by atoms with Crippen LogP contribution in [-0.2, 0) is 14.3 Å². The van der Waals surface area contributed by atoms with E-state index in [9.17, 15) is 9.59 Å². The number of ether oxygens (including phenoxy) is 1. The SMILES string of the molecule is Cc1ccc(C2CC(=O)OC2=O)c(Br)c1. The summed E-state index contributed by atoms with van der Waals surface area (Å²) in [5.74, 6) is -1.35. The molecule has 1 heterocycles. The molecule has 1 aromatic rings. The first-order valence-electron chi connectivity index (χ1n) is 4.58. The van der Waals surface area contributed by atoms with Crippen molar-refractivity contribution in [1.82, 2.24) is 0 Å². The number of carbonyl (C=O) groups excluding carboxylic acids is 2. The first-order valence-corrected chi connectivity index (χ1v) is 5.38. The van der Waals surface area contributed by atoms with Gasteiger partial charge in [0.1, 0.15) is 0 Å². The summed E-state index contributed by atoms with van der Waals surface area (Å²) in [5.41, 5.74) is 1.92. The summed E-state index contributed by atoms with van der Waals surface area (Å²) in [6.07, 6.45) is 0.139. The molecule has 0 spiro atoms. The third-order valence-electron chi connectivity index (χ3n) is 2.40. The Hall–Kier alpha value is -1.16. The van der Waals surface area contributed by atoms with Crippen molar-refractivity contribution < 1.29 is 14.3 Å². The fourth-order valence-corrected chi connectivity index (χ4v) is 2.40. The summed E-state index contributed by atoms with van der Waals surface area (Å²) in [7, 11) is 0. The van der Waals surface area contributed by atoms with Crippen LogP contribution in [0.5, 0.6) is 0 Å². The number of rotatable bonds is 1. The van der Waals surface area contributed by atoms with Crippen molar-refractivity contribution in [3.63, 3.8) is 0 Å². The lowest BCUT2D eigenvalue weighted by atomic mass is 9.97. The Balaban J connectivity index is 2.38. The van der Waals surface area contributed by atoms with E-state index in [2.05, 4.69) is 20.7 Å². The Labute approximate surface area is 95.6 Å². The van der Waals surface area contributed by atoms with Gasteiger partial charge in [0, 0.05) is 4.47 Å². The monoisotopic (exact) mass is 268 g/mol. The molecule has 1 aliphatic rings. The minimum absolute atomic E-state index is 0.139. The van der Waals surface area contributed by atoms with Crippen molar-refractivity contribution >= 4 is 27.9 Å². The molecule has 3 nitrogen and oxygen atoms in total. The van der Waals surface area contributed by atoms with Crippen LogP contribution < -0.4 is 0 Å². The third-order valence-corrected chi connectivity index (χ3v) is 3.09. The Kier molecular flexibility index (Phi) is 2.61. The maximum Gasteiger partial charge on any atom is 0.321 e. The smallest absolute Gasteiger partial charge is 0.321 e. The second-order valence-corrected chi connectivity index (χ2v) is 4.43. The minimum Gasteiger partial charge on any atom is -0.393 e. The fraction of sp³-hybridized carbons (Fsp3) is 0.273. The van der Waals surface area contributed by atoms with Crippen LogP contribution >= 0.6 is 15.9 Å². The van der Waals surface area contributed by atoms with Gasteiger partial charge >= 0.3 is 11.9 Å². The second kappa shape index (κ2) is 3.77. The molecule has 0 aromatic heterocycles. The summed E-state index contributed by atoms with van der Waals surface area (Å²) in [6.45, 7) is 1.96. The molecule has 1 saturated heterocycles. The van der Waals surface area contributed by atoms with Crippen LogP contribution in [0.2, 0.25) is 0 Å². The molecule has 0 amide bonds. The maximum atomic E-state index is 11.4. The Morgan fingerprint density at radius 1 is 1.40 bits per heavy atom. The van der Waals surface area contributed by atoms with Crippen LogP contribution in [0.15, 0.2) is 22.7 Å². The van der Waals surface area contributed by atoms with Crippen LogP contribution in [-0.4, -0.2) is 11.9 Å². The van der Waals surface area contributed by atoms with Gasteiger partial charge in [0.15, 0.2) is 0 Å². The molecule has 1 aromatic carbocycles. The van der Waals surface area contributed by atoms with Crippen molar-refractivity contribution in [1.29, 1.82) is 0 Å². The van der Waals surface area contributed by atoms with Crippen LogP contribution in [0.25, 0.3) is 0 Å². The summed E-state index contributed by atoms with van der Waals surface area (Å²) in [4.78, 5) is 22.3. The van der Waals surface area contributed by atoms with Crippen molar-refractivity contribution in [3.05, 3.63) is 33.8 Å². The van der Waals surface area contributed by atoms with Gasteiger partial charge in [-0.2, -0.15) is 0 Å². The quantitative estimate of drug-likeness (QED) is 0.580. The number of halogens is 1. The molecule has 1 atom stereocenters. The van der Waals surface area contributed by atoms with Gasteiger partial charge in [0.2, 0.25) is 0 Å². The average molecular weight is 269 g/mol. The molecule has 2 rings (SSSR count). The van der Waals surface area contributed by atoms with Crippen LogP contribution in [0, 0.1) is 6.92 Å². The van der Waals surface area contributed by atoms with E-state index < -0.39 is 17.9 Å². The zero-order chi connectivity index (χ0) is 11.0. The zero-order valence-electron chi connectivity index (χ0n) is 8.12. The average Bonchev–Trinajstić information content (AvgIpc) is 2.45. The highest BCUT2D eigenvalue weighted by molar-refractivity contribution is 9.10. The van der Waals surface area contributed by atoms with Crippen LogP contribution in [0.1, 0.15) is 23.5 Å². The lowest BCUT2D eigenvalue weighted by molar-refractivity contribution is -0.152. The molecule has 15 heavy (non-hydrogen) atoms. The van der Waals surface area contributed by atoms with Gasteiger partial charge < -0.3 is 4.74 Å². The van der Waals surface area contributed by atoms with E-state index in [4.69, 9.17) is 0 Å². The molecule has 0 radical (unpaired) electrons. The van der Waals surface area contributed by atoms with E-state index in [0.717, 1.165) is 15.6 Å². The van der Waals surface area contributed by atoms with Gasteiger partial charge in [-0.05, 0) is 24.1 Å². The summed E-state index contributed by atoms with van der Waals surface area (Å²) in [5, 5.41) is 0. The molecule has 1 unspecified atom stereocenters. The maximum absolute atomic E-state index is 11.4. The standard InChI is InChI=1S/C11H9BrO3/c1-6-2-3-7(9(12)4-6)8-5-10(13)15-11(8)14/h2-4,8H,5H2,1H3.